The predicted molar refractivity (Wildman–Crippen MR) is 125 cm³/mol. The molecule has 1 heterocycles. The van der Waals surface area contributed by atoms with Gasteiger partial charge in [0.05, 0.1) is 0 Å². The van der Waals surface area contributed by atoms with Crippen LogP contribution in [0.25, 0.3) is 0 Å². The third-order valence-electron chi connectivity index (χ3n) is 5.21. The summed E-state index contributed by atoms with van der Waals surface area (Å²) >= 11 is 0. The fourth-order valence-electron chi connectivity index (χ4n) is 3.30. The zero-order valence-electron chi connectivity index (χ0n) is 18.4. The molecule has 1 aliphatic heterocycles. The maximum absolute atomic E-state index is 11.9. The molecule has 2 aromatic carbocycles. The number of nitrogens with zero attached hydrogens (tertiary/aromatic N) is 2. The number of hydrogen-bond acceptors (Lipinski definition) is 3. The van der Waals surface area contributed by atoms with E-state index in [1.165, 1.54) is 0 Å². The Kier molecular flexibility index (Phi) is 7.65. The van der Waals surface area contributed by atoms with Gasteiger partial charge in [-0.25, -0.2) is 0 Å². The maximum atomic E-state index is 11.9. The number of hydrogen-bond donors (Lipinski definition) is 3. The van der Waals surface area contributed by atoms with Crippen molar-refractivity contribution in [2.24, 2.45) is 10.9 Å². The highest BCUT2D eigenvalue weighted by atomic mass is 16.2. The van der Waals surface area contributed by atoms with Gasteiger partial charge in [0, 0.05) is 50.4 Å². The normalized spacial score (nSPS) is 14.1. The molecule has 2 aromatic rings. The Bertz CT molecular complexity index is 920. The topological polar surface area (TPSA) is 85.8 Å². The smallest absolute Gasteiger partial charge is 0.227 e. The third-order valence-corrected chi connectivity index (χ3v) is 5.21. The van der Waals surface area contributed by atoms with Crippen LogP contribution in [0, 0.1) is 5.92 Å². The molecular formula is C24H31N5O2. The Hall–Kier alpha value is -3.35. The Labute approximate surface area is 183 Å². The summed E-state index contributed by atoms with van der Waals surface area (Å²) in [6, 6.07) is 15.8. The largest absolute Gasteiger partial charge is 0.352 e. The van der Waals surface area contributed by atoms with Gasteiger partial charge in [-0.1, -0.05) is 38.1 Å². The van der Waals surface area contributed by atoms with E-state index in [4.69, 9.17) is 0 Å². The molecule has 7 heteroatoms. The Morgan fingerprint density at radius 2 is 1.58 bits per heavy atom. The van der Waals surface area contributed by atoms with Crippen LogP contribution in [0.5, 0.6) is 0 Å². The molecule has 0 bridgehead atoms. The summed E-state index contributed by atoms with van der Waals surface area (Å²) in [6.45, 7) is 5.80. The molecule has 0 spiro atoms. The highest BCUT2D eigenvalue weighted by Gasteiger charge is 2.21. The lowest BCUT2D eigenvalue weighted by Gasteiger charge is -2.16. The molecule has 1 saturated heterocycles. The van der Waals surface area contributed by atoms with Gasteiger partial charge in [0.15, 0.2) is 5.96 Å². The number of carbonyl (C=O) groups excluding carboxylic acids is 2. The predicted octanol–water partition coefficient (Wildman–Crippen LogP) is 3.27. The molecule has 3 rings (SSSR count). The minimum atomic E-state index is -0.0466. The molecule has 0 aromatic heterocycles. The van der Waals surface area contributed by atoms with Crippen molar-refractivity contribution >= 4 is 29.1 Å². The van der Waals surface area contributed by atoms with E-state index < -0.39 is 0 Å². The van der Waals surface area contributed by atoms with Crippen molar-refractivity contribution in [2.45, 2.75) is 39.8 Å². The number of nitrogens with one attached hydrogen (secondary N) is 3. The van der Waals surface area contributed by atoms with E-state index in [0.29, 0.717) is 25.5 Å². The van der Waals surface area contributed by atoms with Crippen LogP contribution in [0.3, 0.4) is 0 Å². The van der Waals surface area contributed by atoms with E-state index in [0.717, 1.165) is 35.5 Å². The molecule has 0 unspecified atom stereocenters. The molecule has 7 nitrogen and oxygen atoms in total. The van der Waals surface area contributed by atoms with Crippen LogP contribution < -0.4 is 20.9 Å². The number of amides is 2. The summed E-state index contributed by atoms with van der Waals surface area (Å²) in [5.41, 5.74) is 3.96. The molecule has 31 heavy (non-hydrogen) atoms. The van der Waals surface area contributed by atoms with Crippen LogP contribution in [0.4, 0.5) is 11.4 Å². The lowest BCUT2D eigenvalue weighted by molar-refractivity contribution is -0.119. The highest BCUT2D eigenvalue weighted by Crippen LogP contribution is 2.21. The second-order valence-electron chi connectivity index (χ2n) is 7.94. The van der Waals surface area contributed by atoms with Crippen molar-refractivity contribution in [3.05, 3.63) is 59.7 Å². The van der Waals surface area contributed by atoms with Crippen LogP contribution in [-0.2, 0) is 22.7 Å². The molecule has 3 N–H and O–H groups in total. The lowest BCUT2D eigenvalue weighted by Crippen LogP contribution is -2.36. The Morgan fingerprint density at radius 1 is 1.00 bits per heavy atom. The van der Waals surface area contributed by atoms with Crippen molar-refractivity contribution in [2.75, 3.05) is 23.8 Å². The molecule has 0 radical (unpaired) electrons. The number of benzene rings is 2. The maximum Gasteiger partial charge on any atom is 0.227 e. The van der Waals surface area contributed by atoms with Gasteiger partial charge in [-0.05, 0) is 41.8 Å². The molecule has 1 fully saturated rings. The molecule has 0 aliphatic carbocycles. The van der Waals surface area contributed by atoms with Crippen LogP contribution >= 0.6 is 0 Å². The fourth-order valence-corrected chi connectivity index (χ4v) is 3.30. The standard InChI is InChI=1S/C24H31N5O2/c1-17(2)23(31)28-20-10-6-18(7-11-20)15-26-24(25-3)27-16-19-8-12-21(13-9-19)29-14-4-5-22(29)30/h6-13,17H,4-5,14-16H2,1-3H3,(H,28,31)(H2,25,26,27). The van der Waals surface area contributed by atoms with Crippen LogP contribution in [-0.4, -0.2) is 31.4 Å². The van der Waals surface area contributed by atoms with Crippen molar-refractivity contribution < 1.29 is 9.59 Å². The fraction of sp³-hybridized carbons (Fsp3) is 0.375. The average Bonchev–Trinajstić information content (AvgIpc) is 3.21. The molecule has 0 saturated carbocycles. The van der Waals surface area contributed by atoms with E-state index in [1.807, 2.05) is 67.3 Å². The number of anilines is 2. The summed E-state index contributed by atoms with van der Waals surface area (Å²) < 4.78 is 0. The van der Waals surface area contributed by atoms with Gasteiger partial charge in [-0.15, -0.1) is 0 Å². The minimum Gasteiger partial charge on any atom is -0.352 e. The molecular weight excluding hydrogens is 390 g/mol. The summed E-state index contributed by atoms with van der Waals surface area (Å²) in [4.78, 5) is 29.8. The van der Waals surface area contributed by atoms with E-state index in [2.05, 4.69) is 20.9 Å². The second kappa shape index (κ2) is 10.6. The summed E-state index contributed by atoms with van der Waals surface area (Å²) in [6.07, 6.45) is 1.57. The molecule has 164 valence electrons. The first-order valence-electron chi connectivity index (χ1n) is 10.7. The second-order valence-corrected chi connectivity index (χ2v) is 7.94. The first kappa shape index (κ1) is 22.3. The van der Waals surface area contributed by atoms with Crippen molar-refractivity contribution in [1.82, 2.24) is 10.6 Å². The minimum absolute atomic E-state index is 0.00976. The third kappa shape index (κ3) is 6.31. The van der Waals surface area contributed by atoms with Crippen molar-refractivity contribution in [3.8, 4) is 0 Å². The van der Waals surface area contributed by atoms with Gasteiger partial charge in [0.1, 0.15) is 0 Å². The van der Waals surface area contributed by atoms with Gasteiger partial charge >= 0.3 is 0 Å². The van der Waals surface area contributed by atoms with Crippen LogP contribution in [0.15, 0.2) is 53.5 Å². The average molecular weight is 422 g/mol. The van der Waals surface area contributed by atoms with E-state index >= 15 is 0 Å². The van der Waals surface area contributed by atoms with Crippen molar-refractivity contribution in [1.29, 1.82) is 0 Å². The zero-order chi connectivity index (χ0) is 22.2. The van der Waals surface area contributed by atoms with Crippen molar-refractivity contribution in [3.63, 3.8) is 0 Å². The van der Waals surface area contributed by atoms with E-state index in [1.54, 1.807) is 7.05 Å². The summed E-state index contributed by atoms with van der Waals surface area (Å²) in [5.74, 6) is 0.868. The lowest BCUT2D eigenvalue weighted by atomic mass is 10.1. The summed E-state index contributed by atoms with van der Waals surface area (Å²) in [7, 11) is 1.74. The molecule has 0 atom stereocenters. The highest BCUT2D eigenvalue weighted by molar-refractivity contribution is 5.95. The monoisotopic (exact) mass is 421 g/mol. The van der Waals surface area contributed by atoms with E-state index in [-0.39, 0.29) is 17.7 Å². The Morgan fingerprint density at radius 3 is 2.06 bits per heavy atom. The molecule has 1 aliphatic rings. The number of guanidine groups is 1. The molecule has 2 amide bonds. The first-order valence-corrected chi connectivity index (χ1v) is 10.7. The van der Waals surface area contributed by atoms with Gasteiger partial charge in [0.25, 0.3) is 0 Å². The number of rotatable bonds is 7. The summed E-state index contributed by atoms with van der Waals surface area (Å²) in [5, 5.41) is 9.49. The van der Waals surface area contributed by atoms with Crippen LogP contribution in [0.1, 0.15) is 37.8 Å². The Balaban J connectivity index is 1.46. The van der Waals surface area contributed by atoms with Gasteiger partial charge in [0.2, 0.25) is 11.8 Å². The number of carbonyl (C=O) groups is 2. The zero-order valence-corrected chi connectivity index (χ0v) is 18.4. The van der Waals surface area contributed by atoms with Gasteiger partial charge in [-0.2, -0.15) is 0 Å². The quantitative estimate of drug-likeness (QED) is 0.473. The SMILES string of the molecule is CN=C(NCc1ccc(NC(=O)C(C)C)cc1)NCc1ccc(N2CCCC2=O)cc1. The van der Waals surface area contributed by atoms with E-state index in [9.17, 15) is 9.59 Å². The van der Waals surface area contributed by atoms with Crippen LogP contribution in [0.2, 0.25) is 0 Å². The number of aliphatic imine (C=N–C) groups is 1. The first-order chi connectivity index (χ1) is 15.0. The van der Waals surface area contributed by atoms with Gasteiger partial charge in [-0.3, -0.25) is 14.6 Å². The van der Waals surface area contributed by atoms with Gasteiger partial charge < -0.3 is 20.9 Å².